The molecule has 0 heterocycles. The summed E-state index contributed by atoms with van der Waals surface area (Å²) in [5.74, 6) is 0. The molecular weight excluding hydrogens is 267 g/mol. The summed E-state index contributed by atoms with van der Waals surface area (Å²) in [6.45, 7) is 1.45. The molecule has 0 aliphatic heterocycles. The van der Waals surface area contributed by atoms with Gasteiger partial charge in [0.25, 0.3) is 0 Å². The second kappa shape index (κ2) is 5.90. The first-order valence-electron chi connectivity index (χ1n) is 7.31. The van der Waals surface area contributed by atoms with Gasteiger partial charge in [-0.1, -0.05) is 0 Å². The number of nitrogens with zero attached hydrogens (tertiary/aromatic N) is 2. The lowest BCUT2D eigenvalue weighted by atomic mass is 9.97. The Morgan fingerprint density at radius 3 is 2.35 bits per heavy atom. The lowest BCUT2D eigenvalue weighted by Gasteiger charge is -2.27. The molecule has 0 spiro atoms. The van der Waals surface area contributed by atoms with Crippen LogP contribution in [-0.2, 0) is 0 Å². The Morgan fingerprint density at radius 1 is 1.25 bits per heavy atom. The van der Waals surface area contributed by atoms with E-state index in [-0.39, 0.29) is 6.04 Å². The maximum absolute atomic E-state index is 12.5. The fourth-order valence-corrected chi connectivity index (χ4v) is 2.53. The van der Waals surface area contributed by atoms with E-state index in [9.17, 15) is 18.4 Å². The van der Waals surface area contributed by atoms with Crippen molar-refractivity contribution in [3.8, 4) is 6.07 Å². The third-order valence-electron chi connectivity index (χ3n) is 3.91. The Morgan fingerprint density at radius 2 is 1.90 bits per heavy atom. The van der Waals surface area contributed by atoms with Crippen LogP contribution in [0.4, 0.5) is 13.2 Å². The van der Waals surface area contributed by atoms with Gasteiger partial charge in [0.2, 0.25) is 0 Å². The summed E-state index contributed by atoms with van der Waals surface area (Å²) in [4.78, 5) is 1.52. The summed E-state index contributed by atoms with van der Waals surface area (Å²) in [7, 11) is 0. The molecule has 6 heteroatoms. The quantitative estimate of drug-likeness (QED) is 0.747. The topological polar surface area (TPSA) is 39.1 Å². The summed E-state index contributed by atoms with van der Waals surface area (Å²) < 4.78 is 37.5. The van der Waals surface area contributed by atoms with Crippen molar-refractivity contribution in [3.63, 3.8) is 0 Å². The van der Waals surface area contributed by atoms with Gasteiger partial charge >= 0.3 is 6.18 Å². The molecule has 0 radical (unpaired) electrons. The lowest BCUT2D eigenvalue weighted by Crippen LogP contribution is -2.43. The first-order valence-corrected chi connectivity index (χ1v) is 7.31. The van der Waals surface area contributed by atoms with E-state index in [1.54, 1.807) is 0 Å². The average molecular weight is 289 g/mol. The van der Waals surface area contributed by atoms with Crippen molar-refractivity contribution in [2.45, 2.75) is 69.2 Å². The molecule has 0 saturated heterocycles. The highest BCUT2D eigenvalue weighted by atomic mass is 19.4. The van der Waals surface area contributed by atoms with Gasteiger partial charge in [0.1, 0.15) is 5.54 Å². The zero-order valence-corrected chi connectivity index (χ0v) is 11.8. The molecule has 20 heavy (non-hydrogen) atoms. The number of hydrogen-bond donors (Lipinski definition) is 1. The molecule has 2 aliphatic carbocycles. The van der Waals surface area contributed by atoms with Gasteiger partial charge in [-0.05, 0) is 52.0 Å². The van der Waals surface area contributed by atoms with Gasteiger partial charge in [-0.25, -0.2) is 0 Å². The van der Waals surface area contributed by atoms with Gasteiger partial charge < -0.3 is 0 Å². The zero-order chi connectivity index (χ0) is 14.8. The van der Waals surface area contributed by atoms with Crippen molar-refractivity contribution in [1.82, 2.24) is 10.2 Å². The summed E-state index contributed by atoms with van der Waals surface area (Å²) in [6.07, 6.45) is 1.02. The van der Waals surface area contributed by atoms with Crippen LogP contribution in [0.1, 0.15) is 45.4 Å². The van der Waals surface area contributed by atoms with Crippen LogP contribution in [0.3, 0.4) is 0 Å². The highest BCUT2D eigenvalue weighted by Gasteiger charge is 2.38. The van der Waals surface area contributed by atoms with Crippen LogP contribution in [0.15, 0.2) is 0 Å². The molecule has 2 rings (SSSR count). The van der Waals surface area contributed by atoms with Gasteiger partial charge in [0, 0.05) is 12.1 Å². The smallest absolute Gasteiger partial charge is 0.297 e. The molecular formula is C14H22F3N3. The van der Waals surface area contributed by atoms with Gasteiger partial charge in [-0.3, -0.25) is 10.2 Å². The lowest BCUT2D eigenvalue weighted by molar-refractivity contribution is -0.147. The Kier molecular flexibility index (Phi) is 4.60. The fourth-order valence-electron chi connectivity index (χ4n) is 2.53. The van der Waals surface area contributed by atoms with Gasteiger partial charge in [-0.2, -0.15) is 18.4 Å². The summed E-state index contributed by atoms with van der Waals surface area (Å²) in [5, 5.41) is 12.5. The van der Waals surface area contributed by atoms with E-state index < -0.39 is 18.3 Å². The number of nitriles is 1. The van der Waals surface area contributed by atoms with Crippen LogP contribution in [0, 0.1) is 11.3 Å². The summed E-state index contributed by atoms with van der Waals surface area (Å²) in [6, 6.07) is 2.79. The number of rotatable bonds is 8. The van der Waals surface area contributed by atoms with Crippen molar-refractivity contribution in [3.05, 3.63) is 0 Å². The molecule has 2 aliphatic rings. The zero-order valence-electron chi connectivity index (χ0n) is 11.8. The second-order valence-corrected chi connectivity index (χ2v) is 6.28. The number of hydrogen-bond acceptors (Lipinski definition) is 3. The molecule has 0 amide bonds. The first kappa shape index (κ1) is 15.6. The second-order valence-electron chi connectivity index (χ2n) is 6.28. The van der Waals surface area contributed by atoms with Gasteiger partial charge in [0.05, 0.1) is 12.6 Å². The van der Waals surface area contributed by atoms with Crippen molar-refractivity contribution in [2.75, 3.05) is 13.1 Å². The third kappa shape index (κ3) is 5.29. The largest absolute Gasteiger partial charge is 0.401 e. The van der Waals surface area contributed by atoms with E-state index in [4.69, 9.17) is 0 Å². The maximum atomic E-state index is 12.5. The molecule has 0 aromatic carbocycles. The molecule has 0 aromatic rings. The predicted octanol–water partition coefficient (Wildman–Crippen LogP) is 2.83. The SMILES string of the molecule is CC(C#N)(CCCN(CC(F)(F)F)C1CC1)NC1CC1. The molecule has 0 aromatic heterocycles. The Hall–Kier alpha value is -0.800. The molecule has 114 valence electrons. The predicted molar refractivity (Wildman–Crippen MR) is 70.1 cm³/mol. The fraction of sp³-hybridized carbons (Fsp3) is 0.929. The molecule has 1 unspecified atom stereocenters. The maximum Gasteiger partial charge on any atom is 0.401 e. The standard InChI is InChI=1S/C14H22F3N3/c1-13(9-18,19-11-3-4-11)7-2-8-20(12-5-6-12)10-14(15,16)17/h11-12,19H,2-8,10H2,1H3. The number of alkyl halides is 3. The summed E-state index contributed by atoms with van der Waals surface area (Å²) in [5.41, 5.74) is -0.603. The Labute approximate surface area is 118 Å². The van der Waals surface area contributed by atoms with E-state index in [1.165, 1.54) is 4.90 Å². The van der Waals surface area contributed by atoms with E-state index in [2.05, 4.69) is 11.4 Å². The van der Waals surface area contributed by atoms with Crippen LogP contribution in [0.2, 0.25) is 0 Å². The summed E-state index contributed by atoms with van der Waals surface area (Å²) >= 11 is 0. The van der Waals surface area contributed by atoms with Crippen LogP contribution in [-0.4, -0.2) is 41.8 Å². The van der Waals surface area contributed by atoms with E-state index in [1.807, 2.05) is 6.92 Å². The Bertz CT molecular complexity index is 369. The number of halogens is 3. The average Bonchev–Trinajstić information content (AvgIpc) is 3.20. The molecule has 0 bridgehead atoms. The van der Waals surface area contributed by atoms with Crippen LogP contribution < -0.4 is 5.32 Å². The molecule has 3 nitrogen and oxygen atoms in total. The van der Waals surface area contributed by atoms with Gasteiger partial charge in [-0.15, -0.1) is 0 Å². The Balaban J connectivity index is 1.75. The molecule has 1 atom stereocenters. The van der Waals surface area contributed by atoms with E-state index in [0.29, 0.717) is 25.4 Å². The molecule has 1 N–H and O–H groups in total. The molecule has 2 fully saturated rings. The molecule has 2 saturated carbocycles. The van der Waals surface area contributed by atoms with Crippen molar-refractivity contribution >= 4 is 0 Å². The number of nitrogens with one attached hydrogen (secondary N) is 1. The van der Waals surface area contributed by atoms with Gasteiger partial charge in [0.15, 0.2) is 0 Å². The van der Waals surface area contributed by atoms with Crippen molar-refractivity contribution < 1.29 is 13.2 Å². The minimum atomic E-state index is -4.13. The van der Waals surface area contributed by atoms with Crippen LogP contribution >= 0.6 is 0 Å². The van der Waals surface area contributed by atoms with Crippen molar-refractivity contribution in [1.29, 1.82) is 5.26 Å². The first-order chi connectivity index (χ1) is 9.31. The minimum absolute atomic E-state index is 0.0985. The highest BCUT2D eigenvalue weighted by molar-refractivity contribution is 5.07. The normalized spacial score (nSPS) is 22.6. The van der Waals surface area contributed by atoms with E-state index >= 15 is 0 Å². The van der Waals surface area contributed by atoms with Crippen molar-refractivity contribution in [2.24, 2.45) is 0 Å². The third-order valence-corrected chi connectivity index (χ3v) is 3.91. The monoisotopic (exact) mass is 289 g/mol. The van der Waals surface area contributed by atoms with Crippen LogP contribution in [0.5, 0.6) is 0 Å². The highest BCUT2D eigenvalue weighted by Crippen LogP contribution is 2.31. The van der Waals surface area contributed by atoms with Crippen LogP contribution in [0.25, 0.3) is 0 Å². The minimum Gasteiger partial charge on any atom is -0.297 e. The van der Waals surface area contributed by atoms with E-state index in [0.717, 1.165) is 25.7 Å².